The summed E-state index contributed by atoms with van der Waals surface area (Å²) in [5.41, 5.74) is 0. The molecule has 0 aliphatic carbocycles. The van der Waals surface area contributed by atoms with Crippen LogP contribution < -0.4 is 0 Å². The zero-order chi connectivity index (χ0) is 6.62. The molecule has 8 heavy (non-hydrogen) atoms. The van der Waals surface area contributed by atoms with Crippen LogP contribution >= 0.6 is 0 Å². The first-order valence-corrected chi connectivity index (χ1v) is 4.26. The second kappa shape index (κ2) is 3.08. The fourth-order valence-corrected chi connectivity index (χ4v) is 1.25. The van der Waals surface area contributed by atoms with E-state index in [0.717, 1.165) is 0 Å². The van der Waals surface area contributed by atoms with Gasteiger partial charge in [-0.2, -0.15) is 0 Å². The Morgan fingerprint density at radius 3 is 2.38 bits per heavy atom. The summed E-state index contributed by atoms with van der Waals surface area (Å²) < 4.78 is 0. The summed E-state index contributed by atoms with van der Waals surface area (Å²) in [7, 11) is 1.24. The van der Waals surface area contributed by atoms with Crippen LogP contribution in [0.15, 0.2) is 12.7 Å². The maximum Gasteiger partial charge on any atom is 0.0150 e. The lowest BCUT2D eigenvalue weighted by Crippen LogP contribution is -2.01. The van der Waals surface area contributed by atoms with E-state index in [0.29, 0.717) is 5.04 Å². The van der Waals surface area contributed by atoms with Crippen LogP contribution in [0.4, 0.5) is 0 Å². The molecule has 0 rings (SSSR count). The zero-order valence-electron chi connectivity index (χ0n) is 6.20. The molecule has 0 aliphatic rings. The van der Waals surface area contributed by atoms with Crippen LogP contribution in [0.5, 0.6) is 0 Å². The van der Waals surface area contributed by atoms with Gasteiger partial charge in [-0.1, -0.05) is 26.3 Å². The summed E-state index contributed by atoms with van der Waals surface area (Å²) in [4.78, 5) is 0. The molecule has 1 unspecified atom stereocenters. The van der Waals surface area contributed by atoms with Crippen LogP contribution in [-0.4, -0.2) is 10.2 Å². The van der Waals surface area contributed by atoms with Crippen LogP contribution in [0.3, 0.4) is 0 Å². The molecule has 1 atom stereocenters. The smallest absolute Gasteiger partial charge is 0.0150 e. The van der Waals surface area contributed by atoms with E-state index in [-0.39, 0.29) is 0 Å². The molecule has 0 amide bonds. The fourth-order valence-electron chi connectivity index (χ4n) is 0.746. The number of hydrogen-bond donors (Lipinski definition) is 0. The Bertz CT molecular complexity index is 74.5. The lowest BCUT2D eigenvalue weighted by atomic mass is 10.1. The van der Waals surface area contributed by atoms with Crippen molar-refractivity contribution in [1.29, 1.82) is 0 Å². The summed E-state index contributed by atoms with van der Waals surface area (Å²) in [6, 6.07) is 0. The highest BCUT2D eigenvalue weighted by Crippen LogP contribution is 2.27. The van der Waals surface area contributed by atoms with Crippen molar-refractivity contribution < 1.29 is 0 Å². The second-order valence-corrected chi connectivity index (χ2v) is 5.23. The molecule has 0 fully saturated rings. The highest BCUT2D eigenvalue weighted by atomic mass is 28.1. The van der Waals surface area contributed by atoms with Crippen LogP contribution in [0, 0.1) is 0 Å². The van der Waals surface area contributed by atoms with E-state index in [1.54, 1.807) is 0 Å². The van der Waals surface area contributed by atoms with Crippen molar-refractivity contribution >= 4 is 10.2 Å². The molecular weight excluding hydrogens is 112 g/mol. The minimum absolute atomic E-state index is 0.495. The third-order valence-corrected chi connectivity index (χ3v) is 2.36. The van der Waals surface area contributed by atoms with Gasteiger partial charge in [0, 0.05) is 10.2 Å². The summed E-state index contributed by atoms with van der Waals surface area (Å²) in [5.74, 6) is 0. The van der Waals surface area contributed by atoms with Gasteiger partial charge in [-0.25, -0.2) is 0 Å². The van der Waals surface area contributed by atoms with Crippen molar-refractivity contribution in [2.45, 2.75) is 31.7 Å². The van der Waals surface area contributed by atoms with E-state index in [9.17, 15) is 0 Å². The molecule has 1 heteroatoms. The first kappa shape index (κ1) is 7.96. The predicted molar refractivity (Wildman–Crippen MR) is 43.4 cm³/mol. The van der Waals surface area contributed by atoms with Gasteiger partial charge in [0.25, 0.3) is 0 Å². The molecular formula is C7H16Si. The molecule has 0 bridgehead atoms. The first-order valence-electron chi connectivity index (χ1n) is 3.26. The normalized spacial score (nSPS) is 17.8. The zero-order valence-corrected chi connectivity index (χ0v) is 8.20. The molecule has 0 N–H and O–H groups in total. The quantitative estimate of drug-likeness (QED) is 0.399. The largest absolute Gasteiger partial charge is 0.103 e. The Morgan fingerprint density at radius 1 is 1.75 bits per heavy atom. The van der Waals surface area contributed by atoms with E-state index in [1.165, 1.54) is 23.1 Å². The van der Waals surface area contributed by atoms with Gasteiger partial charge in [-0.05, 0) is 11.5 Å². The first-order chi connectivity index (χ1) is 3.62. The molecule has 0 aromatic carbocycles. The van der Waals surface area contributed by atoms with Crippen molar-refractivity contribution in [2.24, 2.45) is 0 Å². The van der Waals surface area contributed by atoms with Crippen LogP contribution in [0.2, 0.25) is 5.04 Å². The van der Waals surface area contributed by atoms with E-state index in [1.807, 2.05) is 0 Å². The highest BCUT2D eigenvalue weighted by molar-refractivity contribution is 6.16. The maximum atomic E-state index is 3.79. The van der Waals surface area contributed by atoms with Crippen molar-refractivity contribution in [3.8, 4) is 0 Å². The lowest BCUT2D eigenvalue weighted by Gasteiger charge is -2.17. The number of allylic oxidation sites excluding steroid dienone is 1. The summed E-state index contributed by atoms with van der Waals surface area (Å²) in [6.45, 7) is 8.28. The molecule has 0 radical (unpaired) electrons. The molecule has 0 heterocycles. The third kappa shape index (κ3) is 3.02. The monoisotopic (exact) mass is 128 g/mol. The predicted octanol–water partition coefficient (Wildman–Crippen LogP) is 1.52. The molecule has 0 saturated carbocycles. The minimum atomic E-state index is 0.495. The Balaban J connectivity index is 3.53. The Labute approximate surface area is 55.4 Å². The van der Waals surface area contributed by atoms with Gasteiger partial charge in [-0.15, -0.1) is 6.58 Å². The van der Waals surface area contributed by atoms with Crippen LogP contribution in [-0.2, 0) is 0 Å². The van der Waals surface area contributed by atoms with Crippen molar-refractivity contribution in [3.63, 3.8) is 0 Å². The van der Waals surface area contributed by atoms with Gasteiger partial charge >= 0.3 is 0 Å². The van der Waals surface area contributed by atoms with Crippen LogP contribution in [0.25, 0.3) is 0 Å². The van der Waals surface area contributed by atoms with E-state index < -0.39 is 0 Å². The van der Waals surface area contributed by atoms with Crippen molar-refractivity contribution in [3.05, 3.63) is 12.7 Å². The lowest BCUT2D eigenvalue weighted by molar-refractivity contribution is 0.658. The topological polar surface area (TPSA) is 0 Å². The SMILES string of the molecule is C=CC(C)([SiH3])CCC. The maximum absolute atomic E-state index is 3.79. The molecule has 0 nitrogen and oxygen atoms in total. The molecule has 0 aromatic heterocycles. The highest BCUT2D eigenvalue weighted by Gasteiger charge is 2.09. The third-order valence-electron chi connectivity index (χ3n) is 1.45. The minimum Gasteiger partial charge on any atom is -0.103 e. The van der Waals surface area contributed by atoms with Crippen molar-refractivity contribution in [2.75, 3.05) is 0 Å². The summed E-state index contributed by atoms with van der Waals surface area (Å²) in [6.07, 6.45) is 4.68. The number of rotatable bonds is 3. The van der Waals surface area contributed by atoms with E-state index >= 15 is 0 Å². The Hall–Kier alpha value is -0.0431. The molecule has 0 spiro atoms. The fraction of sp³-hybridized carbons (Fsp3) is 0.714. The van der Waals surface area contributed by atoms with Crippen LogP contribution in [0.1, 0.15) is 26.7 Å². The van der Waals surface area contributed by atoms with Gasteiger partial charge < -0.3 is 0 Å². The summed E-state index contributed by atoms with van der Waals surface area (Å²) in [5, 5.41) is 0.495. The van der Waals surface area contributed by atoms with Gasteiger partial charge in [0.2, 0.25) is 0 Å². The summed E-state index contributed by atoms with van der Waals surface area (Å²) >= 11 is 0. The standard InChI is InChI=1S/C7H16Si/c1-4-6-7(3,8)5-2/h5H,2,4,6H2,1,3,8H3. The van der Waals surface area contributed by atoms with E-state index in [4.69, 9.17) is 0 Å². The average Bonchev–Trinajstić information content (AvgIpc) is 1.67. The molecule has 0 aromatic rings. The average molecular weight is 128 g/mol. The molecule has 48 valence electrons. The second-order valence-electron chi connectivity index (χ2n) is 2.94. The van der Waals surface area contributed by atoms with Gasteiger partial charge in [0.05, 0.1) is 0 Å². The van der Waals surface area contributed by atoms with Gasteiger partial charge in [0.15, 0.2) is 0 Å². The van der Waals surface area contributed by atoms with Crippen molar-refractivity contribution in [1.82, 2.24) is 0 Å². The van der Waals surface area contributed by atoms with Gasteiger partial charge in [0.1, 0.15) is 0 Å². The number of hydrogen-bond acceptors (Lipinski definition) is 0. The van der Waals surface area contributed by atoms with E-state index in [2.05, 4.69) is 26.5 Å². The van der Waals surface area contributed by atoms with Gasteiger partial charge in [-0.3, -0.25) is 0 Å². The molecule has 0 aliphatic heterocycles. The Morgan fingerprint density at radius 2 is 2.25 bits per heavy atom. The Kier molecular flexibility index (Phi) is 3.06. The molecule has 0 saturated heterocycles.